The molecule has 5 atom stereocenters. The molecule has 0 saturated carbocycles. The number of aliphatic hydroxyl groups excluding tert-OH is 2. The highest BCUT2D eigenvalue weighted by Gasteiger charge is 2.29. The summed E-state index contributed by atoms with van der Waals surface area (Å²) in [7, 11) is -9.81. The van der Waals surface area contributed by atoms with Crippen molar-refractivity contribution in [2.24, 2.45) is 0 Å². The molecule has 0 bridgehead atoms. The minimum Gasteiger partial charge on any atom is -0.463 e. The minimum atomic E-state index is -4.94. The fraction of sp³-hybridized carbons (Fsp3) is 0.701. The highest BCUT2D eigenvalue weighted by Crippen LogP contribution is 2.45. The number of phosphoric acid groups is 2. The van der Waals surface area contributed by atoms with Gasteiger partial charge in [0.15, 0.2) is 6.10 Å². The number of phosphoric ester groups is 2. The number of carbonyl (C=O) groups is 3. The molecule has 660 valence electrons. The van der Waals surface area contributed by atoms with Gasteiger partial charge < -0.3 is 34.2 Å². The van der Waals surface area contributed by atoms with Crippen LogP contribution in [-0.2, 0) is 55.8 Å². The summed E-state index contributed by atoms with van der Waals surface area (Å²) in [5.74, 6) is -1.59. The van der Waals surface area contributed by atoms with Gasteiger partial charge >= 0.3 is 33.6 Å². The Hall–Kier alpha value is -4.83. The molecule has 0 fully saturated rings. The van der Waals surface area contributed by atoms with Crippen LogP contribution in [0.25, 0.3) is 0 Å². The molecule has 0 aromatic heterocycles. The molecule has 0 spiro atoms. The van der Waals surface area contributed by atoms with E-state index < -0.39 is 91.5 Å². The number of allylic oxidation sites excluding steroid dienone is 26. The maximum Gasteiger partial charge on any atom is 0.472 e. The Morgan fingerprint density at radius 1 is 0.243 bits per heavy atom. The summed E-state index contributed by atoms with van der Waals surface area (Å²) in [5.41, 5.74) is 0. The van der Waals surface area contributed by atoms with Gasteiger partial charge in [-0.3, -0.25) is 32.5 Å². The molecule has 4 N–H and O–H groups in total. The van der Waals surface area contributed by atoms with Gasteiger partial charge in [0.2, 0.25) is 0 Å². The van der Waals surface area contributed by atoms with Crippen LogP contribution in [0, 0.1) is 0 Å². The third-order valence-corrected chi connectivity index (χ3v) is 21.1. The van der Waals surface area contributed by atoms with E-state index in [4.69, 9.17) is 32.3 Å². The third kappa shape index (κ3) is 89.8. The summed E-state index contributed by atoms with van der Waals surface area (Å²) in [6.45, 7) is 2.36. The van der Waals surface area contributed by atoms with Crippen LogP contribution < -0.4 is 0 Å². The average Bonchev–Trinajstić information content (AvgIpc) is 0.902. The second kappa shape index (κ2) is 88.5. The van der Waals surface area contributed by atoms with Crippen LogP contribution in [0.15, 0.2) is 158 Å². The number of unbranched alkanes of at least 4 members (excludes halogenated alkanes) is 37. The fourth-order valence-electron chi connectivity index (χ4n) is 12.4. The van der Waals surface area contributed by atoms with Crippen molar-refractivity contribution in [3.63, 3.8) is 0 Å². The molecule has 0 aliphatic carbocycles. The van der Waals surface area contributed by atoms with Gasteiger partial charge in [0, 0.05) is 19.3 Å². The summed E-state index contributed by atoms with van der Waals surface area (Å²) in [6, 6.07) is 0. The number of esters is 3. The molecule has 0 amide bonds. The zero-order valence-corrected chi connectivity index (χ0v) is 74.5. The van der Waals surface area contributed by atoms with Gasteiger partial charge in [-0.25, -0.2) is 9.13 Å². The van der Waals surface area contributed by atoms with Crippen molar-refractivity contribution in [3.05, 3.63) is 158 Å². The fourth-order valence-corrected chi connectivity index (χ4v) is 14.0. The lowest BCUT2D eigenvalue weighted by Gasteiger charge is -2.21. The summed E-state index contributed by atoms with van der Waals surface area (Å²) in [6.07, 6.45) is 113. The summed E-state index contributed by atoms with van der Waals surface area (Å²) in [4.78, 5) is 58.9. The van der Waals surface area contributed by atoms with Crippen molar-refractivity contribution in [1.29, 1.82) is 0 Å². The second-order valence-electron chi connectivity index (χ2n) is 30.3. The first-order valence-corrected chi connectivity index (χ1v) is 48.8. The Kier molecular flexibility index (Phi) is 84.7. The molecule has 0 rings (SSSR count). The summed E-state index contributed by atoms with van der Waals surface area (Å²) in [5, 5.41) is 20.7. The van der Waals surface area contributed by atoms with Gasteiger partial charge in [0.25, 0.3) is 0 Å². The van der Waals surface area contributed by atoms with Crippen molar-refractivity contribution >= 4 is 33.6 Å². The highest BCUT2D eigenvalue weighted by molar-refractivity contribution is 7.47. The molecule has 0 radical (unpaired) electrons. The van der Waals surface area contributed by atoms with Gasteiger partial charge in [-0.15, -0.1) is 0 Å². The molecule has 16 nitrogen and oxygen atoms in total. The monoisotopic (exact) mass is 1650 g/mol. The van der Waals surface area contributed by atoms with E-state index in [0.29, 0.717) is 19.3 Å². The molecular formula is C97H166O16P2. The second-order valence-corrected chi connectivity index (χ2v) is 33.2. The number of carbonyl (C=O) groups excluding carboxylic acids is 3. The number of rotatable bonds is 86. The first-order valence-electron chi connectivity index (χ1n) is 45.8. The topological polar surface area (TPSA) is 231 Å². The molecule has 0 aliphatic heterocycles. The molecule has 0 aromatic rings. The molecule has 0 aromatic carbocycles. The minimum absolute atomic E-state index is 0.0828. The molecule has 0 saturated heterocycles. The number of hydrogen-bond donors (Lipinski definition) is 4. The quantitative estimate of drug-likeness (QED) is 0.0146. The maximum absolute atomic E-state index is 13.0. The number of ether oxygens (including phenoxy) is 3. The SMILES string of the molecule is CC/C=C\C/C=C\C/C=C\C/C=C\C/C=C\CCCCCCCCCCCCCCCCCCCCCC(=O)OCC(O)COP(=O)(O)OCC(O)COP(=O)(O)OCC(COC(=O)CCCCCCCCCCCCCCC/C=C\C/C=C\C/C=C\C/C=C\C/C=C\CC)OC(=O)CCCCCCC/C=C\C/C=C\C/C=C\CC. The lowest BCUT2D eigenvalue weighted by Crippen LogP contribution is -2.30. The van der Waals surface area contributed by atoms with Crippen LogP contribution in [0.2, 0.25) is 0 Å². The van der Waals surface area contributed by atoms with Crippen molar-refractivity contribution in [3.8, 4) is 0 Å². The molecule has 115 heavy (non-hydrogen) atoms. The normalized spacial score (nSPS) is 14.5. The highest BCUT2D eigenvalue weighted by atomic mass is 31.2. The largest absolute Gasteiger partial charge is 0.472 e. The molecule has 18 heteroatoms. The molecular weight excluding hydrogens is 1480 g/mol. The summed E-state index contributed by atoms with van der Waals surface area (Å²) < 4.78 is 61.4. The van der Waals surface area contributed by atoms with E-state index in [1.54, 1.807) is 0 Å². The van der Waals surface area contributed by atoms with E-state index in [-0.39, 0.29) is 19.3 Å². The Balaban J connectivity index is 4.42. The van der Waals surface area contributed by atoms with Crippen LogP contribution in [0.3, 0.4) is 0 Å². The van der Waals surface area contributed by atoms with Gasteiger partial charge in [-0.05, 0) is 141 Å². The van der Waals surface area contributed by atoms with E-state index in [0.717, 1.165) is 167 Å². The summed E-state index contributed by atoms with van der Waals surface area (Å²) >= 11 is 0. The van der Waals surface area contributed by atoms with E-state index in [9.17, 15) is 43.5 Å². The van der Waals surface area contributed by atoms with Crippen LogP contribution in [0.1, 0.15) is 380 Å². The Labute approximate surface area is 701 Å². The van der Waals surface area contributed by atoms with Crippen molar-refractivity contribution in [1.82, 2.24) is 0 Å². The first-order chi connectivity index (χ1) is 56.2. The van der Waals surface area contributed by atoms with E-state index in [2.05, 4.69) is 179 Å². The molecule has 0 aliphatic rings. The Morgan fingerprint density at radius 2 is 0.435 bits per heavy atom. The van der Waals surface area contributed by atoms with E-state index >= 15 is 0 Å². The van der Waals surface area contributed by atoms with Gasteiger partial charge in [0.1, 0.15) is 25.4 Å². The van der Waals surface area contributed by atoms with Crippen molar-refractivity contribution in [2.75, 3.05) is 39.6 Å². The van der Waals surface area contributed by atoms with Gasteiger partial charge in [0.05, 0.1) is 26.4 Å². The van der Waals surface area contributed by atoms with Crippen LogP contribution in [0.5, 0.6) is 0 Å². The predicted octanol–water partition coefficient (Wildman–Crippen LogP) is 28.1. The van der Waals surface area contributed by atoms with Crippen molar-refractivity contribution < 1.29 is 75.8 Å². The maximum atomic E-state index is 13.0. The zero-order valence-electron chi connectivity index (χ0n) is 72.7. The Bertz CT molecular complexity index is 2720. The number of hydrogen-bond acceptors (Lipinski definition) is 14. The predicted molar refractivity (Wildman–Crippen MR) is 482 cm³/mol. The zero-order chi connectivity index (χ0) is 83.6. The van der Waals surface area contributed by atoms with E-state index in [1.165, 1.54) is 154 Å². The lowest BCUT2D eigenvalue weighted by molar-refractivity contribution is -0.161. The first kappa shape index (κ1) is 110. The van der Waals surface area contributed by atoms with Crippen LogP contribution >= 0.6 is 15.6 Å². The Morgan fingerprint density at radius 3 is 0.687 bits per heavy atom. The van der Waals surface area contributed by atoms with Gasteiger partial charge in [-0.2, -0.15) is 0 Å². The smallest absolute Gasteiger partial charge is 0.463 e. The average molecular weight is 1650 g/mol. The van der Waals surface area contributed by atoms with E-state index in [1.807, 2.05) is 0 Å². The van der Waals surface area contributed by atoms with Crippen LogP contribution in [-0.4, -0.2) is 95.9 Å². The van der Waals surface area contributed by atoms with Gasteiger partial charge in [-0.1, -0.05) is 378 Å². The standard InChI is InChI=1S/C97H166O16P2/c1-4-7-10-13-16-19-22-25-28-30-32-34-36-38-40-42-43-44-45-46-47-49-51-52-54-56-58-60-63-65-68-71-74-77-80-83-95(100)107-86-92(98)87-109-114(103,104)110-88-93(99)89-111-115(105,106)112-91-94(113-97(102)85-82-79-76-73-70-67-62-27-24-21-18-15-12-9-6-3)90-108-96(101)84-81-78-75-72-69-66-64-61-59-57-55-53-50-48-41-39-37-35-33-31-29-26-23-20-17-14-11-8-5-2/h7-12,16-21,25-29,32-35,38-41,62,92-94,98-99H,4-6,13-15,22-24,30-31,36-37,42-61,63-91H2,1-3H3,(H,103,104)(H,105,106)/b10-7-,11-8-,12-9-,19-16-,20-17-,21-18-,28-25-,29-26-,34-32-,35-33-,40-38-,41-39-,62-27-. The third-order valence-electron chi connectivity index (χ3n) is 19.2. The van der Waals surface area contributed by atoms with Crippen LogP contribution in [0.4, 0.5) is 0 Å². The lowest BCUT2D eigenvalue weighted by atomic mass is 10.0. The number of aliphatic hydroxyl groups is 2. The molecule has 0 heterocycles. The molecule has 5 unspecified atom stereocenters. The van der Waals surface area contributed by atoms with Crippen molar-refractivity contribution in [2.45, 2.75) is 399 Å².